The number of benzene rings is 2. The third-order valence-electron chi connectivity index (χ3n) is 4.12. The first-order chi connectivity index (χ1) is 11.2. The number of halogens is 1. The van der Waals surface area contributed by atoms with Gasteiger partial charge < -0.3 is 9.47 Å². The summed E-state index contributed by atoms with van der Waals surface area (Å²) in [5.74, 6) is 1.64. The number of nitrogens with zero attached hydrogens (tertiary/aromatic N) is 1. The first kappa shape index (κ1) is 16.6. The van der Waals surface area contributed by atoms with E-state index >= 15 is 0 Å². The maximum atomic E-state index is 6.02. The minimum atomic E-state index is 0.550. The predicted octanol–water partition coefficient (Wildman–Crippen LogP) is 4.47. The van der Waals surface area contributed by atoms with Crippen LogP contribution in [0, 0.1) is 3.57 Å². The molecule has 0 N–H and O–H groups in total. The number of ether oxygens (including phenoxy) is 2. The lowest BCUT2D eigenvalue weighted by Gasteiger charge is -2.18. The molecule has 4 heteroatoms. The van der Waals surface area contributed by atoms with Gasteiger partial charge >= 0.3 is 0 Å². The van der Waals surface area contributed by atoms with Crippen LogP contribution in [0.2, 0.25) is 0 Å². The van der Waals surface area contributed by atoms with Crippen molar-refractivity contribution in [1.82, 2.24) is 4.90 Å². The zero-order valence-corrected chi connectivity index (χ0v) is 15.7. The molecule has 23 heavy (non-hydrogen) atoms. The Kier molecular flexibility index (Phi) is 5.43. The second-order valence-electron chi connectivity index (χ2n) is 6.03. The molecule has 0 radical (unpaired) electrons. The van der Waals surface area contributed by atoms with Gasteiger partial charge in [0.2, 0.25) is 0 Å². The molecule has 1 aliphatic rings. The average Bonchev–Trinajstić information content (AvgIpc) is 3.39. The summed E-state index contributed by atoms with van der Waals surface area (Å²) < 4.78 is 12.7. The summed E-state index contributed by atoms with van der Waals surface area (Å²) in [5.41, 5.74) is 2.43. The van der Waals surface area contributed by atoms with Crippen molar-refractivity contribution < 1.29 is 9.47 Å². The second-order valence-corrected chi connectivity index (χ2v) is 7.19. The molecule has 1 saturated carbocycles. The molecule has 0 unspecified atom stereocenters. The van der Waals surface area contributed by atoms with Gasteiger partial charge in [0.25, 0.3) is 0 Å². The lowest BCUT2D eigenvalue weighted by atomic mass is 10.2. The first-order valence-electron chi connectivity index (χ1n) is 7.90. The summed E-state index contributed by atoms with van der Waals surface area (Å²) in [4.78, 5) is 2.41. The molecule has 0 amide bonds. The fourth-order valence-electron chi connectivity index (χ4n) is 2.67. The van der Waals surface area contributed by atoms with Gasteiger partial charge in [-0.2, -0.15) is 0 Å². The van der Waals surface area contributed by atoms with Crippen molar-refractivity contribution in [1.29, 1.82) is 0 Å². The van der Waals surface area contributed by atoms with Gasteiger partial charge in [0.1, 0.15) is 6.61 Å². The van der Waals surface area contributed by atoms with E-state index in [9.17, 15) is 0 Å². The van der Waals surface area contributed by atoms with E-state index in [1.165, 1.54) is 18.4 Å². The minimum Gasteiger partial charge on any atom is -0.493 e. The van der Waals surface area contributed by atoms with Crippen molar-refractivity contribution in [3.05, 3.63) is 57.2 Å². The van der Waals surface area contributed by atoms with Gasteiger partial charge in [-0.25, -0.2) is 0 Å². The monoisotopic (exact) mass is 423 g/mol. The van der Waals surface area contributed by atoms with E-state index in [1.807, 2.05) is 18.2 Å². The van der Waals surface area contributed by atoms with E-state index in [2.05, 4.69) is 58.8 Å². The number of hydrogen-bond acceptors (Lipinski definition) is 3. The van der Waals surface area contributed by atoms with E-state index in [1.54, 1.807) is 7.11 Å². The van der Waals surface area contributed by atoms with Crippen LogP contribution in [0.4, 0.5) is 0 Å². The van der Waals surface area contributed by atoms with Crippen LogP contribution in [0.1, 0.15) is 24.0 Å². The predicted molar refractivity (Wildman–Crippen MR) is 101 cm³/mol. The SMILES string of the molecule is COc1cc(CN(C)C2CC2)cc(I)c1OCc1ccccc1. The van der Waals surface area contributed by atoms with Crippen LogP contribution >= 0.6 is 22.6 Å². The second kappa shape index (κ2) is 7.53. The average molecular weight is 423 g/mol. The van der Waals surface area contributed by atoms with Crippen LogP contribution in [0.5, 0.6) is 11.5 Å². The van der Waals surface area contributed by atoms with Crippen molar-refractivity contribution in [2.75, 3.05) is 14.2 Å². The Bertz CT molecular complexity index is 656. The van der Waals surface area contributed by atoms with Gasteiger partial charge in [-0.1, -0.05) is 30.3 Å². The Labute approximate surface area is 151 Å². The van der Waals surface area contributed by atoms with Crippen molar-refractivity contribution >= 4 is 22.6 Å². The van der Waals surface area contributed by atoms with Crippen molar-refractivity contribution in [3.63, 3.8) is 0 Å². The summed E-state index contributed by atoms with van der Waals surface area (Å²) in [6, 6.07) is 15.3. The van der Waals surface area contributed by atoms with Crippen LogP contribution in [0.25, 0.3) is 0 Å². The highest BCUT2D eigenvalue weighted by Gasteiger charge is 2.26. The van der Waals surface area contributed by atoms with E-state index in [-0.39, 0.29) is 0 Å². The maximum absolute atomic E-state index is 6.02. The van der Waals surface area contributed by atoms with Crippen LogP contribution < -0.4 is 9.47 Å². The van der Waals surface area contributed by atoms with Crippen molar-refractivity contribution in [2.45, 2.75) is 32.0 Å². The van der Waals surface area contributed by atoms with Crippen LogP contribution in [0.15, 0.2) is 42.5 Å². The highest BCUT2D eigenvalue weighted by atomic mass is 127. The molecule has 122 valence electrons. The Hall–Kier alpha value is -1.27. The van der Waals surface area contributed by atoms with Gasteiger partial charge in [0.15, 0.2) is 11.5 Å². The summed E-state index contributed by atoms with van der Waals surface area (Å²) >= 11 is 2.33. The fraction of sp³-hybridized carbons (Fsp3) is 0.368. The van der Waals surface area contributed by atoms with Crippen molar-refractivity contribution in [2.24, 2.45) is 0 Å². The summed E-state index contributed by atoms with van der Waals surface area (Å²) in [5, 5.41) is 0. The molecule has 0 aromatic heterocycles. The van der Waals surface area contributed by atoms with Gasteiger partial charge in [-0.15, -0.1) is 0 Å². The minimum absolute atomic E-state index is 0.550. The third kappa shape index (κ3) is 4.38. The molecule has 0 atom stereocenters. The highest BCUT2D eigenvalue weighted by Crippen LogP contribution is 2.35. The standard InChI is InChI=1S/C19H22INO2/c1-21(16-8-9-16)12-15-10-17(20)19(18(11-15)22-2)23-13-14-6-4-3-5-7-14/h3-7,10-11,16H,8-9,12-13H2,1-2H3. The summed E-state index contributed by atoms with van der Waals surface area (Å²) in [7, 11) is 3.89. The van der Waals surface area contributed by atoms with Crippen LogP contribution in [0.3, 0.4) is 0 Å². The molecule has 0 spiro atoms. The highest BCUT2D eigenvalue weighted by molar-refractivity contribution is 14.1. The molecular weight excluding hydrogens is 401 g/mol. The van der Waals surface area contributed by atoms with E-state index in [0.29, 0.717) is 6.61 Å². The topological polar surface area (TPSA) is 21.7 Å². The van der Waals surface area contributed by atoms with Crippen LogP contribution in [-0.4, -0.2) is 25.1 Å². The normalized spacial score (nSPS) is 14.1. The lowest BCUT2D eigenvalue weighted by Crippen LogP contribution is -2.20. The van der Waals surface area contributed by atoms with Gasteiger partial charge in [0, 0.05) is 12.6 Å². The summed E-state index contributed by atoms with van der Waals surface area (Å²) in [6.45, 7) is 1.50. The van der Waals surface area contributed by atoms with E-state index < -0.39 is 0 Å². The van der Waals surface area contributed by atoms with Gasteiger partial charge in [-0.05, 0) is 65.7 Å². The molecule has 2 aromatic rings. The fourth-order valence-corrected chi connectivity index (χ4v) is 3.49. The quantitative estimate of drug-likeness (QED) is 0.614. The molecule has 0 heterocycles. The largest absolute Gasteiger partial charge is 0.493 e. The maximum Gasteiger partial charge on any atom is 0.174 e. The number of rotatable bonds is 7. The zero-order chi connectivity index (χ0) is 16.2. The Morgan fingerprint density at radius 2 is 1.87 bits per heavy atom. The van der Waals surface area contributed by atoms with E-state index in [4.69, 9.17) is 9.47 Å². The van der Waals surface area contributed by atoms with E-state index in [0.717, 1.165) is 33.2 Å². The van der Waals surface area contributed by atoms with Crippen molar-refractivity contribution in [3.8, 4) is 11.5 Å². The first-order valence-corrected chi connectivity index (χ1v) is 8.98. The number of methoxy groups -OCH3 is 1. The molecule has 2 aromatic carbocycles. The molecule has 3 rings (SSSR count). The molecule has 1 aliphatic carbocycles. The van der Waals surface area contributed by atoms with Gasteiger partial charge in [0.05, 0.1) is 10.7 Å². The Morgan fingerprint density at radius 3 is 2.52 bits per heavy atom. The molecule has 0 bridgehead atoms. The van der Waals surface area contributed by atoms with Crippen LogP contribution in [-0.2, 0) is 13.2 Å². The molecule has 0 aliphatic heterocycles. The Morgan fingerprint density at radius 1 is 1.13 bits per heavy atom. The summed E-state index contributed by atoms with van der Waals surface area (Å²) in [6.07, 6.45) is 2.64. The van der Waals surface area contributed by atoms with Gasteiger partial charge in [-0.3, -0.25) is 4.90 Å². The third-order valence-corrected chi connectivity index (χ3v) is 4.92. The molecule has 3 nitrogen and oxygen atoms in total. The number of hydrogen-bond donors (Lipinski definition) is 0. The lowest BCUT2D eigenvalue weighted by molar-refractivity contribution is 0.280. The zero-order valence-electron chi connectivity index (χ0n) is 13.6. The molecule has 1 fully saturated rings. The molecular formula is C19H22INO2. The smallest absolute Gasteiger partial charge is 0.174 e. The molecule has 0 saturated heterocycles. The Balaban J connectivity index is 1.74.